The number of nitrogens with zero attached hydrogens (tertiary/aromatic N) is 2. The normalized spacial score (nSPS) is 10.3. The number of thiazole rings is 1. The molecule has 0 aliphatic rings. The smallest absolute Gasteiger partial charge is 0.311 e. The minimum Gasteiger partial charge on any atom is -0.487 e. The third kappa shape index (κ3) is 4.42. The SMILES string of the molecule is CCCOc1cc(NCCc2cscn2)ccc1[N+](=O)[O-]. The molecule has 0 radical (unpaired) electrons. The topological polar surface area (TPSA) is 77.3 Å². The molecule has 112 valence electrons. The van der Waals surface area contributed by atoms with Gasteiger partial charge in [-0.05, 0) is 12.5 Å². The van der Waals surface area contributed by atoms with E-state index in [0.717, 1.165) is 30.8 Å². The molecule has 0 saturated carbocycles. The van der Waals surface area contributed by atoms with E-state index in [9.17, 15) is 10.1 Å². The molecule has 6 nitrogen and oxygen atoms in total. The zero-order chi connectivity index (χ0) is 15.1. The number of hydrogen-bond acceptors (Lipinski definition) is 6. The molecule has 1 aromatic carbocycles. The number of hydrogen-bond donors (Lipinski definition) is 1. The molecule has 1 N–H and O–H groups in total. The molecule has 7 heteroatoms. The van der Waals surface area contributed by atoms with Crippen molar-refractivity contribution in [3.8, 4) is 5.75 Å². The van der Waals surface area contributed by atoms with Gasteiger partial charge in [0.2, 0.25) is 0 Å². The quantitative estimate of drug-likeness (QED) is 0.596. The number of aromatic nitrogens is 1. The van der Waals surface area contributed by atoms with Crippen LogP contribution in [0.15, 0.2) is 29.1 Å². The van der Waals surface area contributed by atoms with Crippen LogP contribution in [-0.2, 0) is 6.42 Å². The van der Waals surface area contributed by atoms with Gasteiger partial charge in [-0.15, -0.1) is 11.3 Å². The van der Waals surface area contributed by atoms with Crippen molar-refractivity contribution in [1.29, 1.82) is 0 Å². The molecule has 21 heavy (non-hydrogen) atoms. The Morgan fingerprint density at radius 3 is 3.00 bits per heavy atom. The van der Waals surface area contributed by atoms with E-state index in [1.807, 2.05) is 12.3 Å². The lowest BCUT2D eigenvalue weighted by molar-refractivity contribution is -0.385. The first kappa shape index (κ1) is 15.2. The number of rotatable bonds is 8. The molecule has 2 aromatic rings. The minimum atomic E-state index is -0.427. The summed E-state index contributed by atoms with van der Waals surface area (Å²) in [4.78, 5) is 14.7. The van der Waals surface area contributed by atoms with E-state index in [1.165, 1.54) is 6.07 Å². The second-order valence-corrected chi connectivity index (χ2v) is 5.16. The number of benzene rings is 1. The van der Waals surface area contributed by atoms with E-state index >= 15 is 0 Å². The predicted octanol–water partition coefficient (Wildman–Crippen LogP) is 3.49. The van der Waals surface area contributed by atoms with E-state index in [-0.39, 0.29) is 5.69 Å². The fraction of sp³-hybridized carbons (Fsp3) is 0.357. The Bertz CT molecular complexity index is 587. The van der Waals surface area contributed by atoms with Crippen LogP contribution >= 0.6 is 11.3 Å². The lowest BCUT2D eigenvalue weighted by Gasteiger charge is -2.09. The summed E-state index contributed by atoms with van der Waals surface area (Å²) in [6.45, 7) is 3.14. The first-order valence-electron chi connectivity index (χ1n) is 6.73. The predicted molar refractivity (Wildman–Crippen MR) is 83.2 cm³/mol. The van der Waals surface area contributed by atoms with Crippen LogP contribution < -0.4 is 10.1 Å². The van der Waals surface area contributed by atoms with Gasteiger partial charge in [0.05, 0.1) is 22.7 Å². The second kappa shape index (κ2) is 7.58. The highest BCUT2D eigenvalue weighted by Crippen LogP contribution is 2.30. The van der Waals surface area contributed by atoms with Crippen LogP contribution in [0.2, 0.25) is 0 Å². The average Bonchev–Trinajstić information content (AvgIpc) is 2.98. The molecule has 0 amide bonds. The van der Waals surface area contributed by atoms with Gasteiger partial charge in [0.1, 0.15) is 0 Å². The summed E-state index contributed by atoms with van der Waals surface area (Å²) in [5.41, 5.74) is 3.64. The molecule has 0 aliphatic carbocycles. The molecule has 0 unspecified atom stereocenters. The van der Waals surface area contributed by atoms with Gasteiger partial charge in [0.15, 0.2) is 5.75 Å². The molecular weight excluding hydrogens is 290 g/mol. The largest absolute Gasteiger partial charge is 0.487 e. The highest BCUT2D eigenvalue weighted by atomic mass is 32.1. The van der Waals surface area contributed by atoms with Crippen molar-refractivity contribution in [1.82, 2.24) is 4.98 Å². The van der Waals surface area contributed by atoms with Gasteiger partial charge in [-0.2, -0.15) is 0 Å². The zero-order valence-electron chi connectivity index (χ0n) is 11.7. The van der Waals surface area contributed by atoms with Crippen LogP contribution in [0.25, 0.3) is 0 Å². The Morgan fingerprint density at radius 1 is 1.48 bits per heavy atom. The molecule has 0 spiro atoms. The highest BCUT2D eigenvalue weighted by molar-refractivity contribution is 7.07. The van der Waals surface area contributed by atoms with Gasteiger partial charge in [-0.3, -0.25) is 10.1 Å². The summed E-state index contributed by atoms with van der Waals surface area (Å²) in [5.74, 6) is 0.306. The van der Waals surface area contributed by atoms with Gasteiger partial charge in [-0.25, -0.2) is 4.98 Å². The van der Waals surface area contributed by atoms with Crippen molar-refractivity contribution in [2.24, 2.45) is 0 Å². The van der Waals surface area contributed by atoms with E-state index in [0.29, 0.717) is 12.4 Å². The number of ether oxygens (including phenoxy) is 1. The second-order valence-electron chi connectivity index (χ2n) is 4.44. The van der Waals surface area contributed by atoms with E-state index in [4.69, 9.17) is 4.74 Å². The van der Waals surface area contributed by atoms with Gasteiger partial charge in [-0.1, -0.05) is 6.92 Å². The first-order valence-corrected chi connectivity index (χ1v) is 7.67. The fourth-order valence-corrected chi connectivity index (χ4v) is 2.39. The van der Waals surface area contributed by atoms with Crippen LogP contribution in [-0.4, -0.2) is 23.1 Å². The van der Waals surface area contributed by atoms with Crippen LogP contribution in [0.1, 0.15) is 19.0 Å². The van der Waals surface area contributed by atoms with Gasteiger partial charge >= 0.3 is 5.69 Å². The average molecular weight is 307 g/mol. The maximum Gasteiger partial charge on any atom is 0.311 e. The molecule has 1 heterocycles. The van der Waals surface area contributed by atoms with Crippen molar-refractivity contribution in [2.75, 3.05) is 18.5 Å². The fourth-order valence-electron chi connectivity index (χ4n) is 1.80. The standard InChI is InChI=1S/C14H17N3O3S/c1-2-7-20-14-8-11(3-4-13(14)17(18)19)15-6-5-12-9-21-10-16-12/h3-4,8-10,15H,2,5-7H2,1H3. The highest BCUT2D eigenvalue weighted by Gasteiger charge is 2.15. The third-order valence-electron chi connectivity index (χ3n) is 2.81. The van der Waals surface area contributed by atoms with Gasteiger partial charge in [0.25, 0.3) is 0 Å². The van der Waals surface area contributed by atoms with Crippen molar-refractivity contribution in [3.05, 3.63) is 44.9 Å². The molecule has 0 bridgehead atoms. The summed E-state index contributed by atoms with van der Waals surface area (Å²) < 4.78 is 5.45. The minimum absolute atomic E-state index is 0.00602. The Balaban J connectivity index is 2.00. The van der Waals surface area contributed by atoms with Crippen molar-refractivity contribution < 1.29 is 9.66 Å². The third-order valence-corrected chi connectivity index (χ3v) is 3.45. The number of nitrogens with one attached hydrogen (secondary N) is 1. The van der Waals surface area contributed by atoms with E-state index in [1.54, 1.807) is 29.0 Å². The Hall–Kier alpha value is -2.15. The molecule has 2 rings (SSSR count). The van der Waals surface area contributed by atoms with Gasteiger partial charge in [0, 0.05) is 36.2 Å². The molecule has 0 saturated heterocycles. The Labute approximate surface area is 126 Å². The van der Waals surface area contributed by atoms with Crippen LogP contribution in [0, 0.1) is 10.1 Å². The summed E-state index contributed by atoms with van der Waals surface area (Å²) in [5, 5.41) is 16.2. The maximum absolute atomic E-state index is 11.0. The van der Waals surface area contributed by atoms with Gasteiger partial charge < -0.3 is 10.1 Å². The lowest BCUT2D eigenvalue weighted by atomic mass is 10.2. The lowest BCUT2D eigenvalue weighted by Crippen LogP contribution is -2.06. The van der Waals surface area contributed by atoms with E-state index in [2.05, 4.69) is 10.3 Å². The van der Waals surface area contributed by atoms with E-state index < -0.39 is 4.92 Å². The van der Waals surface area contributed by atoms with Crippen molar-refractivity contribution in [2.45, 2.75) is 19.8 Å². The Morgan fingerprint density at radius 2 is 2.33 bits per heavy atom. The van der Waals surface area contributed by atoms with Crippen LogP contribution in [0.3, 0.4) is 0 Å². The number of nitro benzene ring substituents is 1. The monoisotopic (exact) mass is 307 g/mol. The summed E-state index contributed by atoms with van der Waals surface area (Å²) in [6.07, 6.45) is 1.62. The molecule has 0 atom stereocenters. The molecule has 0 aliphatic heterocycles. The van der Waals surface area contributed by atoms with Crippen molar-refractivity contribution >= 4 is 22.7 Å². The summed E-state index contributed by atoms with van der Waals surface area (Å²) in [7, 11) is 0. The summed E-state index contributed by atoms with van der Waals surface area (Å²) in [6, 6.07) is 4.84. The Kier molecular flexibility index (Phi) is 5.51. The zero-order valence-corrected chi connectivity index (χ0v) is 12.6. The van der Waals surface area contributed by atoms with Crippen molar-refractivity contribution in [3.63, 3.8) is 0 Å². The summed E-state index contributed by atoms with van der Waals surface area (Å²) >= 11 is 1.57. The first-order chi connectivity index (χ1) is 10.2. The van der Waals surface area contributed by atoms with Crippen LogP contribution in [0.4, 0.5) is 11.4 Å². The maximum atomic E-state index is 11.0. The molecular formula is C14H17N3O3S. The van der Waals surface area contributed by atoms with Crippen LogP contribution in [0.5, 0.6) is 5.75 Å². The molecule has 1 aromatic heterocycles. The molecule has 0 fully saturated rings. The number of anilines is 1. The number of nitro groups is 1.